The standard InChI is InChI=1S/C18H16N2O4/c1-11-7-8-15(20(22)23)17(9-11)24-10-16(21)18-12(2)19-14-6-4-3-5-13(14)18/h3-9,19H,10H2,1-2H3. The fourth-order valence-corrected chi connectivity index (χ4v) is 2.74. The van der Waals surface area contributed by atoms with Crippen molar-refractivity contribution in [3.05, 3.63) is 69.4 Å². The molecular formula is C18H16N2O4. The normalized spacial score (nSPS) is 10.8. The largest absolute Gasteiger partial charge is 0.478 e. The Bertz CT molecular complexity index is 943. The van der Waals surface area contributed by atoms with Crippen LogP contribution in [0.15, 0.2) is 42.5 Å². The minimum absolute atomic E-state index is 0.103. The molecule has 0 atom stereocenters. The molecule has 0 aliphatic rings. The molecule has 0 bridgehead atoms. The molecule has 0 aliphatic heterocycles. The van der Waals surface area contributed by atoms with Crippen LogP contribution in [-0.4, -0.2) is 22.3 Å². The van der Waals surface area contributed by atoms with Gasteiger partial charge >= 0.3 is 5.69 Å². The molecule has 6 heteroatoms. The highest BCUT2D eigenvalue weighted by molar-refractivity contribution is 6.09. The van der Waals surface area contributed by atoms with E-state index in [-0.39, 0.29) is 23.8 Å². The molecule has 0 amide bonds. The second-order valence-corrected chi connectivity index (χ2v) is 5.61. The summed E-state index contributed by atoms with van der Waals surface area (Å²) < 4.78 is 5.46. The van der Waals surface area contributed by atoms with Crippen LogP contribution in [0.1, 0.15) is 21.6 Å². The highest BCUT2D eigenvalue weighted by Crippen LogP contribution is 2.28. The van der Waals surface area contributed by atoms with E-state index in [9.17, 15) is 14.9 Å². The van der Waals surface area contributed by atoms with Crippen LogP contribution >= 0.6 is 0 Å². The Labute approximate surface area is 138 Å². The number of nitrogens with one attached hydrogen (secondary N) is 1. The molecule has 1 heterocycles. The first-order valence-electron chi connectivity index (χ1n) is 7.45. The number of aromatic amines is 1. The lowest BCUT2D eigenvalue weighted by molar-refractivity contribution is -0.385. The topological polar surface area (TPSA) is 85.2 Å². The number of rotatable bonds is 5. The molecule has 0 radical (unpaired) electrons. The Hall–Kier alpha value is -3.15. The number of para-hydroxylation sites is 1. The van der Waals surface area contributed by atoms with E-state index in [1.807, 2.05) is 38.1 Å². The van der Waals surface area contributed by atoms with E-state index < -0.39 is 4.92 Å². The van der Waals surface area contributed by atoms with Crippen molar-refractivity contribution in [1.82, 2.24) is 4.98 Å². The average Bonchev–Trinajstić information content (AvgIpc) is 2.88. The summed E-state index contributed by atoms with van der Waals surface area (Å²) in [7, 11) is 0. The van der Waals surface area contributed by atoms with E-state index in [2.05, 4.69) is 4.98 Å². The summed E-state index contributed by atoms with van der Waals surface area (Å²) >= 11 is 0. The first-order chi connectivity index (χ1) is 11.5. The van der Waals surface area contributed by atoms with Gasteiger partial charge in [0.25, 0.3) is 0 Å². The molecule has 1 aromatic heterocycles. The SMILES string of the molecule is Cc1ccc([N+](=O)[O-])c(OCC(=O)c2c(C)[nH]c3ccccc23)c1. The zero-order valence-electron chi connectivity index (χ0n) is 13.3. The second kappa shape index (κ2) is 6.16. The van der Waals surface area contributed by atoms with Gasteiger partial charge in [0.15, 0.2) is 12.4 Å². The van der Waals surface area contributed by atoms with Gasteiger partial charge in [-0.3, -0.25) is 14.9 Å². The number of fused-ring (bicyclic) bond motifs is 1. The van der Waals surface area contributed by atoms with Gasteiger partial charge in [-0.25, -0.2) is 0 Å². The minimum atomic E-state index is -0.518. The van der Waals surface area contributed by atoms with Crippen molar-refractivity contribution in [2.45, 2.75) is 13.8 Å². The second-order valence-electron chi connectivity index (χ2n) is 5.61. The van der Waals surface area contributed by atoms with E-state index >= 15 is 0 Å². The van der Waals surface area contributed by atoms with Crippen LogP contribution in [0.5, 0.6) is 5.75 Å². The van der Waals surface area contributed by atoms with E-state index in [4.69, 9.17) is 4.74 Å². The number of nitrogens with zero attached hydrogens (tertiary/aromatic N) is 1. The third-order valence-electron chi connectivity index (χ3n) is 3.84. The van der Waals surface area contributed by atoms with E-state index in [1.165, 1.54) is 6.07 Å². The zero-order chi connectivity index (χ0) is 17.3. The van der Waals surface area contributed by atoms with Crippen molar-refractivity contribution in [3.8, 4) is 5.75 Å². The molecule has 0 saturated heterocycles. The summed E-state index contributed by atoms with van der Waals surface area (Å²) in [6, 6.07) is 12.1. The molecule has 2 aromatic carbocycles. The first kappa shape index (κ1) is 15.7. The Balaban J connectivity index is 1.87. The maximum absolute atomic E-state index is 12.6. The smallest absolute Gasteiger partial charge is 0.310 e. The van der Waals surface area contributed by atoms with Crippen LogP contribution in [0, 0.1) is 24.0 Å². The minimum Gasteiger partial charge on any atom is -0.478 e. The zero-order valence-corrected chi connectivity index (χ0v) is 13.3. The number of carbonyl (C=O) groups excluding carboxylic acids is 1. The summed E-state index contributed by atoms with van der Waals surface area (Å²) in [5.41, 5.74) is 2.86. The number of ketones is 1. The van der Waals surface area contributed by atoms with Crippen molar-refractivity contribution in [1.29, 1.82) is 0 Å². The summed E-state index contributed by atoms with van der Waals surface area (Å²) in [5.74, 6) is -0.119. The van der Waals surface area contributed by atoms with Gasteiger partial charge in [0.1, 0.15) is 0 Å². The molecule has 1 N–H and O–H groups in total. The Morgan fingerprint density at radius 1 is 1.21 bits per heavy atom. The van der Waals surface area contributed by atoms with Crippen LogP contribution in [0.2, 0.25) is 0 Å². The molecule has 0 spiro atoms. The fourth-order valence-electron chi connectivity index (χ4n) is 2.74. The van der Waals surface area contributed by atoms with Gasteiger partial charge in [-0.05, 0) is 31.5 Å². The number of nitro benzene ring substituents is 1. The predicted molar refractivity (Wildman–Crippen MR) is 90.7 cm³/mol. The molecule has 122 valence electrons. The van der Waals surface area contributed by atoms with Crippen molar-refractivity contribution in [2.24, 2.45) is 0 Å². The summed E-state index contributed by atoms with van der Waals surface area (Å²) in [6.45, 7) is 3.37. The summed E-state index contributed by atoms with van der Waals surface area (Å²) in [6.07, 6.45) is 0. The van der Waals surface area contributed by atoms with Crippen LogP contribution in [-0.2, 0) is 0 Å². The van der Waals surface area contributed by atoms with Crippen molar-refractivity contribution >= 4 is 22.4 Å². The monoisotopic (exact) mass is 324 g/mol. The lowest BCUT2D eigenvalue weighted by atomic mass is 10.1. The number of carbonyl (C=O) groups is 1. The summed E-state index contributed by atoms with van der Waals surface area (Å²) in [4.78, 5) is 26.3. The third kappa shape index (κ3) is 2.86. The lowest BCUT2D eigenvalue weighted by Crippen LogP contribution is -2.13. The number of benzene rings is 2. The number of H-pyrrole nitrogens is 1. The van der Waals surface area contributed by atoms with Gasteiger partial charge in [0, 0.05) is 28.2 Å². The van der Waals surface area contributed by atoms with E-state index in [1.54, 1.807) is 12.1 Å². The van der Waals surface area contributed by atoms with E-state index in [0.29, 0.717) is 5.56 Å². The lowest BCUT2D eigenvalue weighted by Gasteiger charge is -2.07. The van der Waals surface area contributed by atoms with Crippen LogP contribution < -0.4 is 4.74 Å². The molecule has 24 heavy (non-hydrogen) atoms. The first-order valence-corrected chi connectivity index (χ1v) is 7.45. The third-order valence-corrected chi connectivity index (χ3v) is 3.84. The number of Topliss-reactive ketones (excluding diaryl/α,β-unsaturated/α-hetero) is 1. The molecule has 0 aliphatic carbocycles. The van der Waals surface area contributed by atoms with Gasteiger partial charge in [-0.2, -0.15) is 0 Å². The number of aromatic nitrogens is 1. The van der Waals surface area contributed by atoms with Gasteiger partial charge in [-0.15, -0.1) is 0 Å². The van der Waals surface area contributed by atoms with Crippen molar-refractivity contribution in [3.63, 3.8) is 0 Å². The quantitative estimate of drug-likeness (QED) is 0.437. The number of hydrogen-bond donors (Lipinski definition) is 1. The number of ether oxygens (including phenoxy) is 1. The molecule has 0 unspecified atom stereocenters. The van der Waals surface area contributed by atoms with Gasteiger partial charge in [-0.1, -0.05) is 24.3 Å². The maximum Gasteiger partial charge on any atom is 0.310 e. The molecule has 0 fully saturated rings. The fraction of sp³-hybridized carbons (Fsp3) is 0.167. The van der Waals surface area contributed by atoms with Crippen molar-refractivity contribution < 1.29 is 14.5 Å². The molecule has 3 rings (SSSR count). The Kier molecular flexibility index (Phi) is 4.04. The van der Waals surface area contributed by atoms with Gasteiger partial charge in [0.05, 0.1) is 4.92 Å². The van der Waals surface area contributed by atoms with E-state index in [0.717, 1.165) is 22.2 Å². The van der Waals surface area contributed by atoms with Crippen LogP contribution in [0.3, 0.4) is 0 Å². The Morgan fingerprint density at radius 2 is 1.96 bits per heavy atom. The predicted octanol–water partition coefficient (Wildman–Crippen LogP) is 3.95. The molecule has 3 aromatic rings. The summed E-state index contributed by atoms with van der Waals surface area (Å²) in [5, 5.41) is 11.9. The van der Waals surface area contributed by atoms with Gasteiger partial charge < -0.3 is 9.72 Å². The molecule has 0 saturated carbocycles. The maximum atomic E-state index is 12.6. The van der Waals surface area contributed by atoms with Crippen molar-refractivity contribution in [2.75, 3.05) is 6.61 Å². The molecule has 6 nitrogen and oxygen atoms in total. The number of aryl methyl sites for hydroxylation is 2. The van der Waals surface area contributed by atoms with Crippen LogP contribution in [0.25, 0.3) is 10.9 Å². The Morgan fingerprint density at radius 3 is 2.71 bits per heavy atom. The average molecular weight is 324 g/mol. The number of hydrogen-bond acceptors (Lipinski definition) is 4. The highest BCUT2D eigenvalue weighted by Gasteiger charge is 2.19. The number of nitro groups is 1. The van der Waals surface area contributed by atoms with Crippen LogP contribution in [0.4, 0.5) is 5.69 Å². The highest BCUT2D eigenvalue weighted by atomic mass is 16.6. The molecular weight excluding hydrogens is 308 g/mol. The van der Waals surface area contributed by atoms with Gasteiger partial charge in [0.2, 0.25) is 5.78 Å².